The van der Waals surface area contributed by atoms with Crippen molar-refractivity contribution >= 4 is 0 Å². The van der Waals surface area contributed by atoms with Crippen molar-refractivity contribution in [1.29, 1.82) is 0 Å². The average molecular weight is 192 g/mol. The Labute approximate surface area is 84.0 Å². The van der Waals surface area contributed by atoms with Crippen molar-refractivity contribution in [3.8, 4) is 0 Å². The fraction of sp³-hybridized carbons (Fsp3) is 0.545. The van der Waals surface area contributed by atoms with Crippen LogP contribution in [0.3, 0.4) is 0 Å². The van der Waals surface area contributed by atoms with E-state index in [1.165, 1.54) is 6.42 Å². The number of nitrogens with zero attached hydrogens (tertiary/aromatic N) is 2. The standard InChI is InChI=1S/C11H16N2O/c1-12-7-4-6-10(12)9-5-3-8-13(2)11(9)14/h3,5,8,10H,4,6-7H2,1-2H3/t10-/m0/s1. The van der Waals surface area contributed by atoms with Gasteiger partial charge in [0.05, 0.1) is 0 Å². The van der Waals surface area contributed by atoms with Gasteiger partial charge in [0.25, 0.3) is 5.56 Å². The number of hydrogen-bond donors (Lipinski definition) is 0. The van der Waals surface area contributed by atoms with Crippen LogP contribution >= 0.6 is 0 Å². The van der Waals surface area contributed by atoms with Gasteiger partial charge in [-0.15, -0.1) is 0 Å². The molecule has 0 aromatic carbocycles. The zero-order valence-corrected chi connectivity index (χ0v) is 8.73. The third-order valence-electron chi connectivity index (χ3n) is 3.03. The summed E-state index contributed by atoms with van der Waals surface area (Å²) in [5.41, 5.74) is 1.08. The van der Waals surface area contributed by atoms with Gasteiger partial charge < -0.3 is 4.57 Å². The van der Waals surface area contributed by atoms with Crippen LogP contribution in [0.5, 0.6) is 0 Å². The second-order valence-corrected chi connectivity index (χ2v) is 4.02. The Morgan fingerprint density at radius 1 is 1.43 bits per heavy atom. The maximum Gasteiger partial charge on any atom is 0.255 e. The van der Waals surface area contributed by atoms with E-state index in [1.54, 1.807) is 17.8 Å². The van der Waals surface area contributed by atoms with Crippen LogP contribution in [0.15, 0.2) is 23.1 Å². The number of aryl methyl sites for hydroxylation is 1. The zero-order valence-electron chi connectivity index (χ0n) is 8.73. The van der Waals surface area contributed by atoms with E-state index in [9.17, 15) is 4.79 Å². The maximum absolute atomic E-state index is 11.8. The van der Waals surface area contributed by atoms with Crippen LogP contribution in [-0.4, -0.2) is 23.1 Å². The van der Waals surface area contributed by atoms with Gasteiger partial charge in [0, 0.05) is 24.8 Å². The number of likely N-dealkylation sites (tertiary alicyclic amines) is 1. The van der Waals surface area contributed by atoms with Gasteiger partial charge in [-0.3, -0.25) is 9.69 Å². The van der Waals surface area contributed by atoms with Crippen molar-refractivity contribution in [2.45, 2.75) is 18.9 Å². The van der Waals surface area contributed by atoms with Crippen LogP contribution in [0, 0.1) is 0 Å². The fourth-order valence-electron chi connectivity index (χ4n) is 2.18. The maximum atomic E-state index is 11.8. The van der Waals surface area contributed by atoms with Crippen molar-refractivity contribution in [2.75, 3.05) is 13.6 Å². The minimum absolute atomic E-state index is 0.145. The molecule has 0 aliphatic carbocycles. The molecule has 1 aromatic heterocycles. The molecule has 2 heterocycles. The highest BCUT2D eigenvalue weighted by molar-refractivity contribution is 5.16. The van der Waals surface area contributed by atoms with E-state index < -0.39 is 0 Å². The van der Waals surface area contributed by atoms with Crippen molar-refractivity contribution in [3.63, 3.8) is 0 Å². The first-order valence-corrected chi connectivity index (χ1v) is 5.06. The number of rotatable bonds is 1. The summed E-state index contributed by atoms with van der Waals surface area (Å²) in [4.78, 5) is 14.1. The van der Waals surface area contributed by atoms with Gasteiger partial charge >= 0.3 is 0 Å². The van der Waals surface area contributed by atoms with Gasteiger partial charge in [0.15, 0.2) is 0 Å². The van der Waals surface area contributed by atoms with Crippen LogP contribution in [0.4, 0.5) is 0 Å². The third kappa shape index (κ3) is 1.48. The third-order valence-corrected chi connectivity index (χ3v) is 3.03. The molecule has 0 amide bonds. The summed E-state index contributed by atoms with van der Waals surface area (Å²) in [6.45, 7) is 1.10. The lowest BCUT2D eigenvalue weighted by Gasteiger charge is -2.19. The molecule has 3 nitrogen and oxygen atoms in total. The molecule has 0 radical (unpaired) electrons. The Balaban J connectivity index is 2.41. The lowest BCUT2D eigenvalue weighted by molar-refractivity contribution is 0.314. The highest BCUT2D eigenvalue weighted by Gasteiger charge is 2.24. The number of pyridine rings is 1. The molecular formula is C11H16N2O. The smallest absolute Gasteiger partial charge is 0.255 e. The van der Waals surface area contributed by atoms with Crippen LogP contribution in [0.2, 0.25) is 0 Å². The Kier molecular flexibility index (Phi) is 2.42. The molecule has 14 heavy (non-hydrogen) atoms. The van der Waals surface area contributed by atoms with Gasteiger partial charge in [0.2, 0.25) is 0 Å². The molecule has 0 spiro atoms. The summed E-state index contributed by atoms with van der Waals surface area (Å²) in [6, 6.07) is 4.23. The number of aromatic nitrogens is 1. The van der Waals surface area contributed by atoms with Crippen LogP contribution in [0.25, 0.3) is 0 Å². The highest BCUT2D eigenvalue weighted by atomic mass is 16.1. The van der Waals surface area contributed by atoms with E-state index >= 15 is 0 Å². The van der Waals surface area contributed by atoms with Gasteiger partial charge in [-0.1, -0.05) is 6.07 Å². The minimum atomic E-state index is 0.145. The SMILES string of the molecule is CN1CCC[C@H]1c1cccn(C)c1=O. The molecule has 0 N–H and O–H groups in total. The Morgan fingerprint density at radius 3 is 2.86 bits per heavy atom. The highest BCUT2D eigenvalue weighted by Crippen LogP contribution is 2.27. The zero-order chi connectivity index (χ0) is 10.1. The van der Waals surface area contributed by atoms with Crippen molar-refractivity contribution in [3.05, 3.63) is 34.2 Å². The predicted octanol–water partition coefficient (Wildman–Crippen LogP) is 1.15. The summed E-state index contributed by atoms with van der Waals surface area (Å²) < 4.78 is 1.65. The fourth-order valence-corrected chi connectivity index (χ4v) is 2.18. The molecule has 1 aliphatic heterocycles. The summed E-state index contributed by atoms with van der Waals surface area (Å²) in [5.74, 6) is 0. The van der Waals surface area contributed by atoms with Crippen LogP contribution in [-0.2, 0) is 7.05 Å². The van der Waals surface area contributed by atoms with Gasteiger partial charge in [-0.2, -0.15) is 0 Å². The second kappa shape index (κ2) is 3.58. The van der Waals surface area contributed by atoms with E-state index in [0.717, 1.165) is 18.5 Å². The van der Waals surface area contributed by atoms with Gasteiger partial charge in [-0.05, 0) is 32.5 Å². The second-order valence-electron chi connectivity index (χ2n) is 4.02. The molecule has 1 atom stereocenters. The minimum Gasteiger partial charge on any atom is -0.318 e. The van der Waals surface area contributed by atoms with Gasteiger partial charge in [0.1, 0.15) is 0 Å². The van der Waals surface area contributed by atoms with Crippen LogP contribution < -0.4 is 5.56 Å². The average Bonchev–Trinajstić information content (AvgIpc) is 2.57. The Hall–Kier alpha value is -1.09. The molecule has 76 valence electrons. The molecule has 3 heteroatoms. The first-order valence-electron chi connectivity index (χ1n) is 5.06. The molecule has 2 rings (SSSR count). The van der Waals surface area contributed by atoms with Crippen molar-refractivity contribution in [2.24, 2.45) is 7.05 Å². The van der Waals surface area contributed by atoms with E-state index in [4.69, 9.17) is 0 Å². The Bertz CT molecular complexity index is 383. The quantitative estimate of drug-likeness (QED) is 0.667. The summed E-state index contributed by atoms with van der Waals surface area (Å²) in [6.07, 6.45) is 4.11. The Morgan fingerprint density at radius 2 is 2.21 bits per heavy atom. The van der Waals surface area contributed by atoms with E-state index in [-0.39, 0.29) is 5.56 Å². The largest absolute Gasteiger partial charge is 0.318 e. The van der Waals surface area contributed by atoms with E-state index in [2.05, 4.69) is 11.9 Å². The van der Waals surface area contributed by atoms with Crippen LogP contribution in [0.1, 0.15) is 24.4 Å². The lowest BCUT2D eigenvalue weighted by atomic mass is 10.1. The normalized spacial score (nSPS) is 22.9. The number of hydrogen-bond acceptors (Lipinski definition) is 2. The molecule has 1 aromatic rings. The molecule has 1 fully saturated rings. The lowest BCUT2D eigenvalue weighted by Crippen LogP contribution is -2.27. The van der Waals surface area contributed by atoms with Crippen molar-refractivity contribution in [1.82, 2.24) is 9.47 Å². The molecule has 1 aliphatic rings. The van der Waals surface area contributed by atoms with Crippen molar-refractivity contribution < 1.29 is 0 Å². The molecule has 0 bridgehead atoms. The first-order chi connectivity index (χ1) is 6.70. The summed E-state index contributed by atoms with van der Waals surface area (Å²) in [7, 11) is 3.89. The molecule has 0 unspecified atom stereocenters. The molecule has 0 saturated carbocycles. The topological polar surface area (TPSA) is 25.2 Å². The first kappa shape index (κ1) is 9.46. The summed E-state index contributed by atoms with van der Waals surface area (Å²) >= 11 is 0. The molecular weight excluding hydrogens is 176 g/mol. The summed E-state index contributed by atoms with van der Waals surface area (Å²) in [5, 5.41) is 0. The van der Waals surface area contributed by atoms with Gasteiger partial charge in [-0.25, -0.2) is 0 Å². The predicted molar refractivity (Wildman–Crippen MR) is 56.3 cm³/mol. The van der Waals surface area contributed by atoms with E-state index in [1.807, 2.05) is 12.1 Å². The monoisotopic (exact) mass is 192 g/mol. The van der Waals surface area contributed by atoms with E-state index in [0.29, 0.717) is 6.04 Å². The molecule has 1 saturated heterocycles.